The Morgan fingerprint density at radius 1 is 0.966 bits per heavy atom. The van der Waals surface area contributed by atoms with Crippen LogP contribution in [0.2, 0.25) is 0 Å². The van der Waals surface area contributed by atoms with E-state index in [4.69, 9.17) is 9.47 Å². The van der Waals surface area contributed by atoms with Crippen LogP contribution >= 0.6 is 11.3 Å². The van der Waals surface area contributed by atoms with Gasteiger partial charge < -0.3 is 14.8 Å². The van der Waals surface area contributed by atoms with Gasteiger partial charge in [-0.05, 0) is 42.5 Å². The summed E-state index contributed by atoms with van der Waals surface area (Å²) in [6.07, 6.45) is 0. The molecule has 0 fully saturated rings. The van der Waals surface area contributed by atoms with Crippen LogP contribution in [-0.2, 0) is 14.3 Å². The molecule has 0 bridgehead atoms. The van der Waals surface area contributed by atoms with Crippen LogP contribution in [0.15, 0.2) is 30.3 Å². The van der Waals surface area contributed by atoms with Crippen LogP contribution in [0.1, 0.15) is 77.6 Å². The van der Waals surface area contributed by atoms with Gasteiger partial charge in [0.05, 0.1) is 17.7 Å². The molecule has 2 aromatic rings. The number of ether oxygens (including phenoxy) is 2. The Morgan fingerprint density at radius 3 is 2.17 bits per heavy atom. The highest BCUT2D eigenvalue weighted by Crippen LogP contribution is 2.33. The van der Waals surface area contributed by atoms with Crippen LogP contribution in [0.5, 0.6) is 0 Å². The van der Waals surface area contributed by atoms with E-state index in [2.05, 4.69) is 19.2 Å². The van der Waals surface area contributed by atoms with Gasteiger partial charge in [0.1, 0.15) is 5.00 Å². The van der Waals surface area contributed by atoms with E-state index in [1.807, 2.05) is 26.0 Å². The van der Waals surface area contributed by atoms with Crippen molar-refractivity contribution in [1.29, 1.82) is 0 Å². The van der Waals surface area contributed by atoms with Gasteiger partial charge in [-0.3, -0.25) is 4.79 Å². The first-order valence-corrected chi connectivity index (χ1v) is 10.4. The number of esters is 2. The van der Waals surface area contributed by atoms with E-state index in [1.165, 1.54) is 11.3 Å². The van der Waals surface area contributed by atoms with Crippen molar-refractivity contribution < 1.29 is 23.9 Å². The Bertz CT molecular complexity index is 868. The number of rotatable bonds is 8. The second kappa shape index (κ2) is 10.2. The van der Waals surface area contributed by atoms with Crippen molar-refractivity contribution in [3.63, 3.8) is 0 Å². The van der Waals surface area contributed by atoms with E-state index in [-0.39, 0.29) is 12.5 Å². The van der Waals surface area contributed by atoms with Crippen molar-refractivity contribution in [3.05, 3.63) is 51.9 Å². The molecular weight excluding hydrogens is 390 g/mol. The molecule has 0 saturated heterocycles. The lowest BCUT2D eigenvalue weighted by molar-refractivity contribution is -0.119. The van der Waals surface area contributed by atoms with Crippen LogP contribution < -0.4 is 5.32 Å². The molecule has 6 nitrogen and oxygen atoms in total. The fraction of sp³-hybridized carbons (Fsp3) is 0.409. The minimum atomic E-state index is -0.574. The highest BCUT2D eigenvalue weighted by molar-refractivity contribution is 7.16. The third-order valence-electron chi connectivity index (χ3n) is 4.22. The van der Waals surface area contributed by atoms with Gasteiger partial charge in [-0.25, -0.2) is 9.59 Å². The van der Waals surface area contributed by atoms with Crippen molar-refractivity contribution in [2.24, 2.45) is 0 Å². The molecule has 0 unspecified atom stereocenters. The van der Waals surface area contributed by atoms with Gasteiger partial charge in [0.15, 0.2) is 6.61 Å². The number of carbonyl (C=O) groups excluding carboxylic acids is 3. The highest BCUT2D eigenvalue weighted by atomic mass is 32.1. The van der Waals surface area contributed by atoms with E-state index < -0.39 is 24.5 Å². The van der Waals surface area contributed by atoms with Crippen molar-refractivity contribution in [2.75, 3.05) is 18.5 Å². The quantitative estimate of drug-likeness (QED) is 0.614. The van der Waals surface area contributed by atoms with E-state index >= 15 is 0 Å². The van der Waals surface area contributed by atoms with Crippen LogP contribution in [0, 0.1) is 0 Å². The monoisotopic (exact) mass is 417 g/mol. The standard InChI is InChI=1S/C22H27NO5S/c1-6-27-22(26)17-11-18(14(4)5)29-20(17)23-19(24)12-28-21(25)16-9-7-15(8-10-16)13(2)3/h7-11,13-14H,6,12H2,1-5H3,(H,23,24). The summed E-state index contributed by atoms with van der Waals surface area (Å²) in [7, 11) is 0. The first-order valence-electron chi connectivity index (χ1n) is 9.60. The Hall–Kier alpha value is -2.67. The summed E-state index contributed by atoms with van der Waals surface area (Å²) in [6, 6.07) is 8.83. The predicted octanol–water partition coefficient (Wildman–Crippen LogP) is 4.97. The SMILES string of the molecule is CCOC(=O)c1cc(C(C)C)sc1NC(=O)COC(=O)c1ccc(C(C)C)cc1. The average molecular weight is 418 g/mol. The molecule has 0 aliphatic rings. The summed E-state index contributed by atoms with van der Waals surface area (Å²) < 4.78 is 10.2. The highest BCUT2D eigenvalue weighted by Gasteiger charge is 2.21. The minimum absolute atomic E-state index is 0.200. The molecule has 1 aromatic carbocycles. The molecule has 0 radical (unpaired) electrons. The number of hydrogen-bond donors (Lipinski definition) is 1. The Labute approximate surface area is 175 Å². The third-order valence-corrected chi connectivity index (χ3v) is 5.57. The first kappa shape index (κ1) is 22.6. The Balaban J connectivity index is 2.01. The normalized spacial score (nSPS) is 10.9. The predicted molar refractivity (Wildman–Crippen MR) is 114 cm³/mol. The molecule has 1 N–H and O–H groups in total. The second-order valence-electron chi connectivity index (χ2n) is 7.17. The summed E-state index contributed by atoms with van der Waals surface area (Å²) in [4.78, 5) is 37.5. The fourth-order valence-electron chi connectivity index (χ4n) is 2.53. The number of amides is 1. The molecule has 156 valence electrons. The van der Waals surface area contributed by atoms with Crippen LogP contribution in [0.3, 0.4) is 0 Å². The van der Waals surface area contributed by atoms with Crippen molar-refractivity contribution in [2.45, 2.75) is 46.5 Å². The molecule has 0 aliphatic heterocycles. The van der Waals surface area contributed by atoms with Gasteiger partial charge in [-0.2, -0.15) is 0 Å². The molecule has 1 aromatic heterocycles. The second-order valence-corrected chi connectivity index (χ2v) is 8.25. The summed E-state index contributed by atoms with van der Waals surface area (Å²) in [5, 5.41) is 3.06. The maximum Gasteiger partial charge on any atom is 0.341 e. The summed E-state index contributed by atoms with van der Waals surface area (Å²) in [5.74, 6) is -1.02. The van der Waals surface area contributed by atoms with Crippen molar-refractivity contribution in [1.82, 2.24) is 0 Å². The van der Waals surface area contributed by atoms with E-state index in [9.17, 15) is 14.4 Å². The van der Waals surface area contributed by atoms with Gasteiger partial charge >= 0.3 is 11.9 Å². The summed E-state index contributed by atoms with van der Waals surface area (Å²) in [6.45, 7) is 9.65. The molecule has 0 atom stereocenters. The molecule has 0 aliphatic carbocycles. The first-order chi connectivity index (χ1) is 13.7. The topological polar surface area (TPSA) is 81.7 Å². The minimum Gasteiger partial charge on any atom is -0.462 e. The van der Waals surface area contributed by atoms with Gasteiger partial charge in [0.25, 0.3) is 5.91 Å². The molecule has 1 amide bonds. The zero-order valence-corrected chi connectivity index (χ0v) is 18.2. The van der Waals surface area contributed by atoms with E-state index in [1.54, 1.807) is 25.1 Å². The Kier molecular flexibility index (Phi) is 7.96. The van der Waals surface area contributed by atoms with Gasteiger partial charge in [0, 0.05) is 4.88 Å². The van der Waals surface area contributed by atoms with Crippen LogP contribution in [0.25, 0.3) is 0 Å². The number of hydrogen-bond acceptors (Lipinski definition) is 6. The molecule has 7 heteroatoms. The third kappa shape index (κ3) is 6.15. The zero-order valence-electron chi connectivity index (χ0n) is 17.4. The van der Waals surface area contributed by atoms with E-state index in [0.29, 0.717) is 22.0 Å². The van der Waals surface area contributed by atoms with E-state index in [0.717, 1.165) is 10.4 Å². The van der Waals surface area contributed by atoms with Crippen molar-refractivity contribution >= 4 is 34.2 Å². The summed E-state index contributed by atoms with van der Waals surface area (Å²) in [5.41, 5.74) is 1.81. The maximum absolute atomic E-state index is 12.3. The number of anilines is 1. The molecular formula is C22H27NO5S. The lowest BCUT2D eigenvalue weighted by Gasteiger charge is -2.08. The van der Waals surface area contributed by atoms with Gasteiger partial charge in [0.2, 0.25) is 0 Å². The maximum atomic E-state index is 12.3. The number of benzene rings is 1. The molecule has 1 heterocycles. The lowest BCUT2D eigenvalue weighted by atomic mass is 10.0. The average Bonchev–Trinajstić information content (AvgIpc) is 3.10. The fourth-order valence-corrected chi connectivity index (χ4v) is 3.59. The van der Waals surface area contributed by atoms with Gasteiger partial charge in [-0.1, -0.05) is 39.8 Å². The Morgan fingerprint density at radius 2 is 1.62 bits per heavy atom. The zero-order chi connectivity index (χ0) is 21.6. The molecule has 0 spiro atoms. The largest absolute Gasteiger partial charge is 0.462 e. The van der Waals surface area contributed by atoms with Crippen LogP contribution in [-0.4, -0.2) is 31.1 Å². The number of thiophene rings is 1. The number of carbonyl (C=O) groups is 3. The lowest BCUT2D eigenvalue weighted by Crippen LogP contribution is -2.21. The van der Waals surface area contributed by atoms with Crippen LogP contribution in [0.4, 0.5) is 5.00 Å². The number of nitrogens with one attached hydrogen (secondary N) is 1. The summed E-state index contributed by atoms with van der Waals surface area (Å²) >= 11 is 1.31. The van der Waals surface area contributed by atoms with Gasteiger partial charge in [-0.15, -0.1) is 11.3 Å². The smallest absolute Gasteiger partial charge is 0.341 e. The van der Waals surface area contributed by atoms with Crippen molar-refractivity contribution in [3.8, 4) is 0 Å². The molecule has 29 heavy (non-hydrogen) atoms. The molecule has 2 rings (SSSR count). The molecule has 0 saturated carbocycles.